The zero-order valence-electron chi connectivity index (χ0n) is 12.9. The highest BCUT2D eigenvalue weighted by Gasteiger charge is 2.25. The van der Waals surface area contributed by atoms with Gasteiger partial charge in [0.15, 0.2) is 0 Å². The molecular weight excluding hydrogens is 236 g/mol. The maximum absolute atomic E-state index is 12.2. The van der Waals surface area contributed by atoms with Crippen molar-refractivity contribution in [3.05, 3.63) is 0 Å². The van der Waals surface area contributed by atoms with Crippen LogP contribution in [0.2, 0.25) is 0 Å². The average Bonchev–Trinajstić information content (AvgIpc) is 2.34. The standard InChI is InChI=1S/C16H30N2O/c1-13(2)18-9-7-14(8-10-18)11-16(19)17(3)12-15-5-4-6-15/h13-15H,4-12H2,1-3H3. The quantitative estimate of drug-likeness (QED) is 0.764. The fourth-order valence-corrected chi connectivity index (χ4v) is 3.24. The van der Waals surface area contributed by atoms with Gasteiger partial charge in [-0.15, -0.1) is 0 Å². The molecule has 1 saturated carbocycles. The summed E-state index contributed by atoms with van der Waals surface area (Å²) in [4.78, 5) is 16.7. The smallest absolute Gasteiger partial charge is 0.222 e. The zero-order valence-corrected chi connectivity index (χ0v) is 12.9. The van der Waals surface area contributed by atoms with Gasteiger partial charge < -0.3 is 9.80 Å². The lowest BCUT2D eigenvalue weighted by molar-refractivity contribution is -0.132. The summed E-state index contributed by atoms with van der Waals surface area (Å²) in [5.41, 5.74) is 0. The molecule has 0 spiro atoms. The highest BCUT2D eigenvalue weighted by Crippen LogP contribution is 2.27. The first-order chi connectivity index (χ1) is 9.06. The van der Waals surface area contributed by atoms with Crippen molar-refractivity contribution in [2.45, 2.75) is 58.4 Å². The van der Waals surface area contributed by atoms with E-state index in [-0.39, 0.29) is 0 Å². The Morgan fingerprint density at radius 1 is 1.16 bits per heavy atom. The van der Waals surface area contributed by atoms with Gasteiger partial charge in [-0.25, -0.2) is 0 Å². The summed E-state index contributed by atoms with van der Waals surface area (Å²) >= 11 is 0. The van der Waals surface area contributed by atoms with E-state index in [2.05, 4.69) is 18.7 Å². The van der Waals surface area contributed by atoms with E-state index in [1.807, 2.05) is 11.9 Å². The molecule has 2 rings (SSSR count). The average molecular weight is 266 g/mol. The number of hydrogen-bond acceptors (Lipinski definition) is 2. The molecule has 1 heterocycles. The lowest BCUT2D eigenvalue weighted by Gasteiger charge is -2.35. The number of likely N-dealkylation sites (tertiary alicyclic amines) is 1. The molecule has 2 aliphatic rings. The van der Waals surface area contributed by atoms with Crippen LogP contribution in [-0.2, 0) is 4.79 Å². The van der Waals surface area contributed by atoms with Crippen molar-refractivity contribution >= 4 is 5.91 Å². The number of nitrogens with zero attached hydrogens (tertiary/aromatic N) is 2. The van der Waals surface area contributed by atoms with Gasteiger partial charge in [0.25, 0.3) is 0 Å². The Labute approximate surface area is 118 Å². The summed E-state index contributed by atoms with van der Waals surface area (Å²) in [6.45, 7) is 7.85. The number of hydrogen-bond donors (Lipinski definition) is 0. The van der Waals surface area contributed by atoms with Crippen molar-refractivity contribution in [2.75, 3.05) is 26.7 Å². The third kappa shape index (κ3) is 4.20. The number of rotatable bonds is 5. The maximum Gasteiger partial charge on any atom is 0.222 e. The number of amides is 1. The second-order valence-corrected chi connectivity index (χ2v) is 6.85. The first kappa shape index (κ1) is 14.8. The third-order valence-electron chi connectivity index (χ3n) is 5.03. The lowest BCUT2D eigenvalue weighted by atomic mass is 9.85. The van der Waals surface area contributed by atoms with Crippen LogP contribution in [0.15, 0.2) is 0 Å². The summed E-state index contributed by atoms with van der Waals surface area (Å²) in [6, 6.07) is 0.651. The molecule has 0 bridgehead atoms. The second-order valence-electron chi connectivity index (χ2n) is 6.85. The monoisotopic (exact) mass is 266 g/mol. The molecule has 0 N–H and O–H groups in total. The predicted octanol–water partition coefficient (Wildman–Crippen LogP) is 2.76. The molecule has 0 unspecified atom stereocenters. The normalized spacial score (nSPS) is 22.5. The molecule has 1 amide bonds. The van der Waals surface area contributed by atoms with Crippen LogP contribution in [0.1, 0.15) is 52.4 Å². The molecule has 1 aliphatic heterocycles. The van der Waals surface area contributed by atoms with E-state index in [0.29, 0.717) is 17.9 Å². The van der Waals surface area contributed by atoms with E-state index in [0.717, 1.165) is 18.9 Å². The van der Waals surface area contributed by atoms with Gasteiger partial charge in [-0.2, -0.15) is 0 Å². The molecule has 0 aromatic rings. The Hall–Kier alpha value is -0.570. The highest BCUT2D eigenvalue weighted by molar-refractivity contribution is 5.76. The van der Waals surface area contributed by atoms with Gasteiger partial charge in [-0.3, -0.25) is 4.79 Å². The number of carbonyl (C=O) groups excluding carboxylic acids is 1. The summed E-state index contributed by atoms with van der Waals surface area (Å²) in [6.07, 6.45) is 7.17. The van der Waals surface area contributed by atoms with Gasteiger partial charge in [0.2, 0.25) is 5.91 Å². The SMILES string of the molecule is CC(C)N1CCC(CC(=O)N(C)CC2CCC2)CC1. The molecule has 3 nitrogen and oxygen atoms in total. The second kappa shape index (κ2) is 6.74. The van der Waals surface area contributed by atoms with Gasteiger partial charge in [-0.05, 0) is 64.5 Å². The van der Waals surface area contributed by atoms with Gasteiger partial charge in [0.05, 0.1) is 0 Å². The van der Waals surface area contributed by atoms with Crippen LogP contribution in [0.25, 0.3) is 0 Å². The van der Waals surface area contributed by atoms with Crippen molar-refractivity contribution in [2.24, 2.45) is 11.8 Å². The number of piperidine rings is 1. The highest BCUT2D eigenvalue weighted by atomic mass is 16.2. The molecule has 2 fully saturated rings. The largest absolute Gasteiger partial charge is 0.345 e. The molecular formula is C16H30N2O. The molecule has 3 heteroatoms. The fourth-order valence-electron chi connectivity index (χ4n) is 3.24. The summed E-state index contributed by atoms with van der Waals surface area (Å²) in [5.74, 6) is 1.78. The van der Waals surface area contributed by atoms with E-state index in [4.69, 9.17) is 0 Å². The van der Waals surface area contributed by atoms with Crippen molar-refractivity contribution in [3.63, 3.8) is 0 Å². The Balaban J connectivity index is 1.67. The first-order valence-corrected chi connectivity index (χ1v) is 8.04. The van der Waals surface area contributed by atoms with Crippen molar-refractivity contribution in [1.82, 2.24) is 9.80 Å². The van der Waals surface area contributed by atoms with Crippen LogP contribution < -0.4 is 0 Å². The van der Waals surface area contributed by atoms with Gasteiger partial charge >= 0.3 is 0 Å². The molecule has 1 saturated heterocycles. The molecule has 1 aliphatic carbocycles. The molecule has 0 radical (unpaired) electrons. The van der Waals surface area contributed by atoms with Crippen LogP contribution >= 0.6 is 0 Å². The number of carbonyl (C=O) groups is 1. The molecule has 0 aromatic heterocycles. The van der Waals surface area contributed by atoms with E-state index in [1.165, 1.54) is 45.2 Å². The van der Waals surface area contributed by atoms with Crippen molar-refractivity contribution < 1.29 is 4.79 Å². The van der Waals surface area contributed by atoms with E-state index < -0.39 is 0 Å². The minimum Gasteiger partial charge on any atom is -0.345 e. The van der Waals surface area contributed by atoms with E-state index >= 15 is 0 Å². The van der Waals surface area contributed by atoms with E-state index in [9.17, 15) is 4.79 Å². The van der Waals surface area contributed by atoms with Crippen LogP contribution in [0.5, 0.6) is 0 Å². The fraction of sp³-hybridized carbons (Fsp3) is 0.938. The summed E-state index contributed by atoms with van der Waals surface area (Å²) in [5, 5.41) is 0. The van der Waals surface area contributed by atoms with Gasteiger partial charge in [-0.1, -0.05) is 6.42 Å². The molecule has 0 aromatic carbocycles. The van der Waals surface area contributed by atoms with Crippen LogP contribution in [0, 0.1) is 11.8 Å². The Kier molecular flexibility index (Phi) is 5.26. The topological polar surface area (TPSA) is 23.6 Å². The predicted molar refractivity (Wildman–Crippen MR) is 79.0 cm³/mol. The Morgan fingerprint density at radius 3 is 2.26 bits per heavy atom. The van der Waals surface area contributed by atoms with Gasteiger partial charge in [0, 0.05) is 26.1 Å². The minimum absolute atomic E-state index is 0.370. The van der Waals surface area contributed by atoms with Crippen LogP contribution in [-0.4, -0.2) is 48.4 Å². The lowest BCUT2D eigenvalue weighted by Crippen LogP contribution is -2.40. The zero-order chi connectivity index (χ0) is 13.8. The molecule has 110 valence electrons. The van der Waals surface area contributed by atoms with Gasteiger partial charge in [0.1, 0.15) is 0 Å². The van der Waals surface area contributed by atoms with Crippen LogP contribution in [0.3, 0.4) is 0 Å². The summed E-state index contributed by atoms with van der Waals surface area (Å²) < 4.78 is 0. The Morgan fingerprint density at radius 2 is 1.79 bits per heavy atom. The van der Waals surface area contributed by atoms with E-state index in [1.54, 1.807) is 0 Å². The minimum atomic E-state index is 0.370. The first-order valence-electron chi connectivity index (χ1n) is 8.04. The molecule has 19 heavy (non-hydrogen) atoms. The maximum atomic E-state index is 12.2. The third-order valence-corrected chi connectivity index (χ3v) is 5.03. The summed E-state index contributed by atoms with van der Waals surface area (Å²) in [7, 11) is 1.99. The van der Waals surface area contributed by atoms with Crippen molar-refractivity contribution in [1.29, 1.82) is 0 Å². The van der Waals surface area contributed by atoms with Crippen molar-refractivity contribution in [3.8, 4) is 0 Å². The Bertz CT molecular complexity index is 291. The molecule has 0 atom stereocenters. The van der Waals surface area contributed by atoms with Crippen LogP contribution in [0.4, 0.5) is 0 Å².